The second-order valence-corrected chi connectivity index (χ2v) is 6.54. The lowest BCUT2D eigenvalue weighted by Gasteiger charge is -2.24. The van der Waals surface area contributed by atoms with Gasteiger partial charge in [0.25, 0.3) is 0 Å². The fourth-order valence-electron chi connectivity index (χ4n) is 1.78. The van der Waals surface area contributed by atoms with E-state index in [4.69, 9.17) is 14.6 Å². The number of benzene rings is 1. The van der Waals surface area contributed by atoms with Crippen molar-refractivity contribution in [1.29, 1.82) is 0 Å². The zero-order valence-electron chi connectivity index (χ0n) is 13.0. The molecular formula is C15H20BrNO5. The number of carboxylic acids is 1. The third-order valence-electron chi connectivity index (χ3n) is 2.65. The molecule has 1 aromatic rings. The maximum atomic E-state index is 11.9. The highest BCUT2D eigenvalue weighted by Crippen LogP contribution is 2.30. The number of methoxy groups -OCH3 is 1. The molecule has 0 saturated heterocycles. The van der Waals surface area contributed by atoms with Crippen LogP contribution in [0.5, 0.6) is 5.75 Å². The number of alkyl carbamates (subject to hydrolysis) is 1. The summed E-state index contributed by atoms with van der Waals surface area (Å²) in [7, 11) is 1.51. The first-order valence-corrected chi connectivity index (χ1v) is 7.46. The summed E-state index contributed by atoms with van der Waals surface area (Å²) in [4.78, 5) is 23.0. The van der Waals surface area contributed by atoms with Crippen LogP contribution in [0.2, 0.25) is 0 Å². The molecule has 0 fully saturated rings. The van der Waals surface area contributed by atoms with Crippen LogP contribution in [0.25, 0.3) is 0 Å². The van der Waals surface area contributed by atoms with E-state index in [1.807, 2.05) is 0 Å². The van der Waals surface area contributed by atoms with Gasteiger partial charge in [0, 0.05) is 4.47 Å². The van der Waals surface area contributed by atoms with Gasteiger partial charge in [-0.05, 0) is 44.5 Å². The summed E-state index contributed by atoms with van der Waals surface area (Å²) in [6.07, 6.45) is -0.946. The van der Waals surface area contributed by atoms with Gasteiger partial charge in [-0.1, -0.05) is 15.9 Å². The van der Waals surface area contributed by atoms with Crippen molar-refractivity contribution >= 4 is 28.0 Å². The van der Waals surface area contributed by atoms with Crippen LogP contribution in [0.15, 0.2) is 22.7 Å². The molecule has 0 spiro atoms. The van der Waals surface area contributed by atoms with E-state index in [1.165, 1.54) is 7.11 Å². The number of nitrogens with one attached hydrogen (secondary N) is 1. The molecule has 1 rings (SSSR count). The van der Waals surface area contributed by atoms with Crippen molar-refractivity contribution in [3.63, 3.8) is 0 Å². The summed E-state index contributed by atoms with van der Waals surface area (Å²) >= 11 is 3.36. The predicted octanol–water partition coefficient (Wildman–Crippen LogP) is 3.50. The van der Waals surface area contributed by atoms with Gasteiger partial charge < -0.3 is 19.9 Å². The number of ether oxygens (including phenoxy) is 2. The molecule has 0 bridgehead atoms. The second kappa shape index (κ2) is 7.49. The topological polar surface area (TPSA) is 84.9 Å². The normalized spacial score (nSPS) is 12.4. The summed E-state index contributed by atoms with van der Waals surface area (Å²) in [5, 5.41) is 11.7. The largest absolute Gasteiger partial charge is 0.497 e. The molecule has 0 aliphatic rings. The van der Waals surface area contributed by atoms with Crippen LogP contribution >= 0.6 is 15.9 Å². The Hall–Kier alpha value is -1.76. The van der Waals surface area contributed by atoms with Gasteiger partial charge in [-0.25, -0.2) is 4.79 Å². The zero-order valence-corrected chi connectivity index (χ0v) is 14.6. The van der Waals surface area contributed by atoms with Crippen LogP contribution < -0.4 is 10.1 Å². The minimum Gasteiger partial charge on any atom is -0.497 e. The Bertz CT molecular complexity index is 553. The molecule has 0 aliphatic carbocycles. The molecule has 0 aliphatic heterocycles. The molecule has 22 heavy (non-hydrogen) atoms. The van der Waals surface area contributed by atoms with Crippen LogP contribution in [-0.4, -0.2) is 29.9 Å². The van der Waals surface area contributed by atoms with Crippen molar-refractivity contribution in [2.45, 2.75) is 38.8 Å². The van der Waals surface area contributed by atoms with Gasteiger partial charge in [0.05, 0.1) is 19.6 Å². The fraction of sp³-hybridized carbons (Fsp3) is 0.467. The third kappa shape index (κ3) is 5.93. The van der Waals surface area contributed by atoms with Crippen molar-refractivity contribution in [2.75, 3.05) is 7.11 Å². The Kier molecular flexibility index (Phi) is 6.22. The number of halogens is 1. The molecule has 1 aromatic carbocycles. The molecule has 6 nitrogen and oxygen atoms in total. The SMILES string of the molecule is COc1ccc(Br)c(C(CC(=O)O)NC(=O)OC(C)(C)C)c1. The first kappa shape index (κ1) is 18.3. The van der Waals surface area contributed by atoms with Gasteiger partial charge in [-0.2, -0.15) is 0 Å². The van der Waals surface area contributed by atoms with E-state index in [-0.39, 0.29) is 6.42 Å². The maximum Gasteiger partial charge on any atom is 0.408 e. The van der Waals surface area contributed by atoms with E-state index in [9.17, 15) is 9.59 Å². The molecule has 1 amide bonds. The Labute approximate surface area is 137 Å². The molecule has 7 heteroatoms. The molecule has 2 N–H and O–H groups in total. The summed E-state index contributed by atoms with van der Waals surface area (Å²) in [6, 6.07) is 4.41. The van der Waals surface area contributed by atoms with Crippen LogP contribution in [-0.2, 0) is 9.53 Å². The fourth-order valence-corrected chi connectivity index (χ4v) is 2.30. The second-order valence-electron chi connectivity index (χ2n) is 5.68. The maximum absolute atomic E-state index is 11.9. The zero-order chi connectivity index (χ0) is 16.9. The summed E-state index contributed by atoms with van der Waals surface area (Å²) < 4.78 is 11.0. The number of carbonyl (C=O) groups is 2. The van der Waals surface area contributed by atoms with Crippen molar-refractivity contribution in [1.82, 2.24) is 5.32 Å². The highest BCUT2D eigenvalue weighted by molar-refractivity contribution is 9.10. The summed E-state index contributed by atoms with van der Waals surface area (Å²) in [5.74, 6) is -0.463. The average molecular weight is 374 g/mol. The van der Waals surface area contributed by atoms with Gasteiger partial charge in [-0.15, -0.1) is 0 Å². The number of hydrogen-bond acceptors (Lipinski definition) is 4. The van der Waals surface area contributed by atoms with Gasteiger partial charge in [0.2, 0.25) is 0 Å². The Balaban J connectivity index is 3.03. The average Bonchev–Trinajstić information content (AvgIpc) is 2.35. The number of aliphatic carboxylic acids is 1. The molecule has 0 aromatic heterocycles. The molecule has 0 saturated carbocycles. The Morgan fingerprint density at radius 1 is 1.36 bits per heavy atom. The van der Waals surface area contributed by atoms with E-state index in [0.717, 1.165) is 0 Å². The highest BCUT2D eigenvalue weighted by atomic mass is 79.9. The van der Waals surface area contributed by atoms with E-state index in [0.29, 0.717) is 15.8 Å². The standard InChI is InChI=1S/C15H20BrNO5/c1-15(2,3)22-14(20)17-12(8-13(18)19)10-7-9(21-4)5-6-11(10)16/h5-7,12H,8H2,1-4H3,(H,17,20)(H,18,19). The van der Waals surface area contributed by atoms with Crippen molar-refractivity contribution < 1.29 is 24.2 Å². The van der Waals surface area contributed by atoms with Crippen molar-refractivity contribution in [3.05, 3.63) is 28.2 Å². The van der Waals surface area contributed by atoms with Crippen LogP contribution in [0.3, 0.4) is 0 Å². The minimum absolute atomic E-state index is 0.273. The molecule has 0 radical (unpaired) electrons. The quantitative estimate of drug-likeness (QED) is 0.824. The highest BCUT2D eigenvalue weighted by Gasteiger charge is 2.24. The lowest BCUT2D eigenvalue weighted by molar-refractivity contribution is -0.137. The first-order chi connectivity index (χ1) is 10.1. The molecule has 1 unspecified atom stereocenters. The van der Waals surface area contributed by atoms with Gasteiger partial charge >= 0.3 is 12.1 Å². The molecular weight excluding hydrogens is 354 g/mol. The number of hydrogen-bond donors (Lipinski definition) is 2. The van der Waals surface area contributed by atoms with Crippen LogP contribution in [0.1, 0.15) is 38.8 Å². The van der Waals surface area contributed by atoms with Gasteiger partial charge in [-0.3, -0.25) is 4.79 Å². The smallest absolute Gasteiger partial charge is 0.408 e. The van der Waals surface area contributed by atoms with Crippen molar-refractivity contribution in [2.24, 2.45) is 0 Å². The first-order valence-electron chi connectivity index (χ1n) is 6.67. The lowest BCUT2D eigenvalue weighted by atomic mass is 10.0. The van der Waals surface area contributed by atoms with Crippen LogP contribution in [0, 0.1) is 0 Å². The van der Waals surface area contributed by atoms with Crippen molar-refractivity contribution in [3.8, 4) is 5.75 Å². The van der Waals surface area contributed by atoms with Crippen LogP contribution in [0.4, 0.5) is 4.79 Å². The molecule has 0 heterocycles. The summed E-state index contributed by atoms with van der Waals surface area (Å²) in [5.41, 5.74) is -0.0590. The number of carboxylic acid groups (broad SMARTS) is 1. The van der Waals surface area contributed by atoms with E-state index in [1.54, 1.807) is 39.0 Å². The Morgan fingerprint density at radius 3 is 2.50 bits per heavy atom. The lowest BCUT2D eigenvalue weighted by Crippen LogP contribution is -2.36. The van der Waals surface area contributed by atoms with Gasteiger partial charge in [0.1, 0.15) is 11.4 Å². The molecule has 122 valence electrons. The number of carbonyl (C=O) groups excluding carboxylic acids is 1. The number of rotatable bonds is 5. The van der Waals surface area contributed by atoms with E-state index >= 15 is 0 Å². The van der Waals surface area contributed by atoms with E-state index in [2.05, 4.69) is 21.2 Å². The van der Waals surface area contributed by atoms with E-state index < -0.39 is 23.7 Å². The monoisotopic (exact) mass is 373 g/mol. The summed E-state index contributed by atoms with van der Waals surface area (Å²) in [6.45, 7) is 5.21. The Morgan fingerprint density at radius 2 is 2.00 bits per heavy atom. The predicted molar refractivity (Wildman–Crippen MR) is 85.1 cm³/mol. The van der Waals surface area contributed by atoms with Gasteiger partial charge in [0.15, 0.2) is 0 Å². The number of amides is 1. The molecule has 1 atom stereocenters. The minimum atomic E-state index is -1.03. The third-order valence-corrected chi connectivity index (χ3v) is 3.37.